The van der Waals surface area contributed by atoms with Crippen molar-refractivity contribution in [3.63, 3.8) is 0 Å². The summed E-state index contributed by atoms with van der Waals surface area (Å²) < 4.78 is 5.20. The Morgan fingerprint density at radius 3 is 2.54 bits per heavy atom. The molecule has 0 unspecified atom stereocenters. The largest absolute Gasteiger partial charge is 0.459 e. The lowest BCUT2D eigenvalue weighted by Gasteiger charge is -2.42. The second-order valence-electron chi connectivity index (χ2n) is 7.76. The van der Waals surface area contributed by atoms with Crippen LogP contribution in [0.1, 0.15) is 49.1 Å². The summed E-state index contributed by atoms with van der Waals surface area (Å²) in [4.78, 5) is 33.8. The number of carbonyl (C=O) groups is 2. The Labute approximate surface area is 164 Å². The maximum absolute atomic E-state index is 12.7. The number of carbonyl (C=O) groups excluding carboxylic acids is 2. The zero-order valence-electron chi connectivity index (χ0n) is 15.9. The van der Waals surface area contributed by atoms with Gasteiger partial charge >= 0.3 is 0 Å². The van der Waals surface area contributed by atoms with E-state index in [-0.39, 0.29) is 11.8 Å². The molecular formula is C20H25N5O3. The topological polar surface area (TPSA) is 102 Å². The molecule has 1 atom stereocenters. The third-order valence-corrected chi connectivity index (χ3v) is 6.06. The molecule has 28 heavy (non-hydrogen) atoms. The summed E-state index contributed by atoms with van der Waals surface area (Å²) in [7, 11) is 0. The van der Waals surface area contributed by atoms with Gasteiger partial charge in [0.2, 0.25) is 11.9 Å². The van der Waals surface area contributed by atoms with Crippen molar-refractivity contribution in [3.8, 4) is 6.07 Å². The van der Waals surface area contributed by atoms with Crippen molar-refractivity contribution >= 4 is 17.8 Å². The molecule has 0 radical (unpaired) electrons. The van der Waals surface area contributed by atoms with Gasteiger partial charge in [-0.1, -0.05) is 25.7 Å². The molecule has 3 aliphatic rings. The van der Waals surface area contributed by atoms with Crippen LogP contribution in [0.5, 0.6) is 0 Å². The van der Waals surface area contributed by atoms with Crippen molar-refractivity contribution in [1.82, 2.24) is 15.1 Å². The van der Waals surface area contributed by atoms with Gasteiger partial charge in [0.25, 0.3) is 5.91 Å². The summed E-state index contributed by atoms with van der Waals surface area (Å²) in [6.45, 7) is 2.23. The second-order valence-corrected chi connectivity index (χ2v) is 7.76. The minimum atomic E-state index is -0.726. The van der Waals surface area contributed by atoms with E-state index in [1.54, 1.807) is 17.0 Å². The molecule has 2 amide bonds. The van der Waals surface area contributed by atoms with E-state index in [0.717, 1.165) is 38.5 Å². The lowest BCUT2D eigenvalue weighted by atomic mass is 9.77. The van der Waals surface area contributed by atoms with Crippen LogP contribution < -0.4 is 5.32 Å². The molecule has 1 aliphatic carbocycles. The zero-order chi connectivity index (χ0) is 19.6. The molecule has 0 bridgehead atoms. The summed E-state index contributed by atoms with van der Waals surface area (Å²) in [6, 6.07) is 5.57. The number of nitrogens with zero attached hydrogens (tertiary/aromatic N) is 4. The van der Waals surface area contributed by atoms with Crippen LogP contribution in [0, 0.1) is 17.2 Å². The minimum absolute atomic E-state index is 0.121. The van der Waals surface area contributed by atoms with Crippen LogP contribution in [0.3, 0.4) is 0 Å². The summed E-state index contributed by atoms with van der Waals surface area (Å²) in [6.07, 6.45) is 7.28. The lowest BCUT2D eigenvalue weighted by molar-refractivity contribution is -0.124. The first-order valence-corrected chi connectivity index (χ1v) is 10.0. The number of nitrogens with one attached hydrogen (secondary N) is 1. The molecule has 1 aromatic heterocycles. The Hall–Kier alpha value is -2.82. The number of guanidine groups is 1. The Morgan fingerprint density at radius 2 is 1.93 bits per heavy atom. The first-order valence-electron chi connectivity index (χ1n) is 10.0. The normalized spacial score (nSPS) is 24.9. The molecule has 4 rings (SSSR count). The van der Waals surface area contributed by atoms with E-state index >= 15 is 0 Å². The van der Waals surface area contributed by atoms with Crippen molar-refractivity contribution in [3.05, 3.63) is 24.2 Å². The van der Waals surface area contributed by atoms with Crippen LogP contribution in [0.2, 0.25) is 0 Å². The van der Waals surface area contributed by atoms with E-state index < -0.39 is 11.5 Å². The fraction of sp³-hybridized carbons (Fsp3) is 0.600. The van der Waals surface area contributed by atoms with Crippen LogP contribution in [-0.2, 0) is 4.79 Å². The molecule has 3 heterocycles. The van der Waals surface area contributed by atoms with Gasteiger partial charge in [-0.3, -0.25) is 14.9 Å². The highest BCUT2D eigenvalue weighted by atomic mass is 16.3. The van der Waals surface area contributed by atoms with Gasteiger partial charge in [-0.15, -0.1) is 0 Å². The van der Waals surface area contributed by atoms with Crippen LogP contribution >= 0.6 is 0 Å². The summed E-state index contributed by atoms with van der Waals surface area (Å²) in [5, 5.41) is 12.5. The summed E-state index contributed by atoms with van der Waals surface area (Å²) >= 11 is 0. The molecule has 1 N–H and O–H groups in total. The van der Waals surface area contributed by atoms with Crippen molar-refractivity contribution in [2.45, 2.75) is 44.1 Å². The average Bonchev–Trinajstić information content (AvgIpc) is 3.15. The number of aliphatic imine (C=N–C) groups is 1. The number of piperazine rings is 1. The zero-order valence-corrected chi connectivity index (χ0v) is 15.9. The number of amides is 2. The maximum atomic E-state index is 12.7. The standard InChI is InChI=1S/C20H25N5O3/c21-14-15-17(26)22-19(23-20(15)7-3-1-2-4-8-20)25-11-9-24(10-12-25)18(27)16-6-5-13-28-16/h5-6,13,15H,1-4,7-12H2,(H,22,23,26)/t15-/m0/s1. The predicted molar refractivity (Wildman–Crippen MR) is 101 cm³/mol. The van der Waals surface area contributed by atoms with Gasteiger partial charge in [-0.2, -0.15) is 5.26 Å². The summed E-state index contributed by atoms with van der Waals surface area (Å²) in [5.74, 6) is -0.196. The van der Waals surface area contributed by atoms with Crippen LogP contribution in [0.4, 0.5) is 0 Å². The van der Waals surface area contributed by atoms with Gasteiger partial charge in [0.05, 0.1) is 17.9 Å². The van der Waals surface area contributed by atoms with Gasteiger partial charge in [-0.25, -0.2) is 4.99 Å². The van der Waals surface area contributed by atoms with Gasteiger partial charge in [0.15, 0.2) is 11.7 Å². The first kappa shape index (κ1) is 18.5. The van der Waals surface area contributed by atoms with Crippen LogP contribution in [0.15, 0.2) is 27.8 Å². The van der Waals surface area contributed by atoms with Gasteiger partial charge < -0.3 is 14.2 Å². The smallest absolute Gasteiger partial charge is 0.289 e. The van der Waals surface area contributed by atoms with Gasteiger partial charge in [0.1, 0.15) is 0 Å². The fourth-order valence-electron chi connectivity index (χ4n) is 4.48. The van der Waals surface area contributed by atoms with Gasteiger partial charge in [0, 0.05) is 26.2 Å². The fourth-order valence-corrected chi connectivity index (χ4v) is 4.48. The molecule has 8 heteroatoms. The molecule has 1 spiro atoms. The SMILES string of the molecule is N#C[C@H]1C(=O)NC(N2CCN(C(=O)c3ccco3)CC2)=NC12CCCCCC2. The molecule has 1 saturated carbocycles. The van der Waals surface area contributed by atoms with Crippen LogP contribution in [-0.4, -0.2) is 59.3 Å². The Morgan fingerprint density at radius 1 is 1.21 bits per heavy atom. The number of rotatable bonds is 1. The van der Waals surface area contributed by atoms with E-state index in [1.807, 2.05) is 4.90 Å². The maximum Gasteiger partial charge on any atom is 0.289 e. The molecule has 1 saturated heterocycles. The predicted octanol–water partition coefficient (Wildman–Crippen LogP) is 1.76. The van der Waals surface area contributed by atoms with Crippen molar-refractivity contribution in [2.24, 2.45) is 10.9 Å². The number of nitriles is 1. The Balaban J connectivity index is 1.49. The lowest BCUT2D eigenvalue weighted by Crippen LogP contribution is -2.60. The highest BCUT2D eigenvalue weighted by Crippen LogP contribution is 2.39. The Bertz CT molecular complexity index is 794. The van der Waals surface area contributed by atoms with Crippen molar-refractivity contribution in [2.75, 3.05) is 26.2 Å². The van der Waals surface area contributed by atoms with E-state index in [1.165, 1.54) is 6.26 Å². The number of furan rings is 1. The third kappa shape index (κ3) is 3.37. The van der Waals surface area contributed by atoms with Gasteiger partial charge in [-0.05, 0) is 25.0 Å². The number of hydrogen-bond acceptors (Lipinski definition) is 6. The number of hydrogen-bond donors (Lipinski definition) is 1. The third-order valence-electron chi connectivity index (χ3n) is 6.06. The first-order chi connectivity index (χ1) is 13.6. The molecule has 2 aliphatic heterocycles. The van der Waals surface area contributed by atoms with Crippen molar-refractivity contribution < 1.29 is 14.0 Å². The van der Waals surface area contributed by atoms with Crippen molar-refractivity contribution in [1.29, 1.82) is 5.26 Å². The molecule has 8 nitrogen and oxygen atoms in total. The highest BCUT2D eigenvalue weighted by molar-refractivity contribution is 6.02. The monoisotopic (exact) mass is 383 g/mol. The van der Waals surface area contributed by atoms with E-state index in [9.17, 15) is 14.9 Å². The summed E-state index contributed by atoms with van der Waals surface area (Å²) in [5.41, 5.74) is -0.607. The van der Waals surface area contributed by atoms with E-state index in [0.29, 0.717) is 37.9 Å². The second kappa shape index (κ2) is 7.66. The quantitative estimate of drug-likeness (QED) is 0.796. The van der Waals surface area contributed by atoms with E-state index in [4.69, 9.17) is 9.41 Å². The average molecular weight is 383 g/mol. The Kier molecular flexibility index (Phi) is 5.07. The van der Waals surface area contributed by atoms with Crippen LogP contribution in [0.25, 0.3) is 0 Å². The molecule has 2 fully saturated rings. The molecule has 1 aromatic rings. The molecule has 0 aromatic carbocycles. The highest BCUT2D eigenvalue weighted by Gasteiger charge is 2.47. The molecular weight excluding hydrogens is 358 g/mol. The van der Waals surface area contributed by atoms with E-state index in [2.05, 4.69) is 11.4 Å². The molecule has 148 valence electrons. The minimum Gasteiger partial charge on any atom is -0.459 e.